The van der Waals surface area contributed by atoms with E-state index in [1.165, 1.54) is 11.3 Å². The van der Waals surface area contributed by atoms with Gasteiger partial charge in [-0.3, -0.25) is 14.7 Å². The molecule has 3 heterocycles. The highest BCUT2D eigenvalue weighted by Crippen LogP contribution is 2.30. The van der Waals surface area contributed by atoms with Crippen LogP contribution >= 0.6 is 27.3 Å². The number of aromatic amines is 1. The van der Waals surface area contributed by atoms with Crippen molar-refractivity contribution in [2.75, 3.05) is 6.54 Å². The van der Waals surface area contributed by atoms with Gasteiger partial charge in [0.1, 0.15) is 0 Å². The monoisotopic (exact) mass is 456 g/mol. The van der Waals surface area contributed by atoms with Crippen molar-refractivity contribution in [3.8, 4) is 12.3 Å². The van der Waals surface area contributed by atoms with E-state index < -0.39 is 0 Å². The number of amides is 2. The van der Waals surface area contributed by atoms with Gasteiger partial charge in [0.25, 0.3) is 11.8 Å². The van der Waals surface area contributed by atoms with Gasteiger partial charge in [-0.25, -0.2) is 0 Å². The molecule has 28 heavy (non-hydrogen) atoms. The van der Waals surface area contributed by atoms with E-state index in [1.807, 2.05) is 24.3 Å². The van der Waals surface area contributed by atoms with Gasteiger partial charge in [-0.1, -0.05) is 21.9 Å². The van der Waals surface area contributed by atoms with Crippen molar-refractivity contribution < 1.29 is 9.59 Å². The lowest BCUT2D eigenvalue weighted by Crippen LogP contribution is -2.37. The van der Waals surface area contributed by atoms with Crippen LogP contribution in [0.1, 0.15) is 38.3 Å². The largest absolute Gasteiger partial charge is 0.337 e. The number of terminal acetylenes is 1. The molecule has 0 fully saturated rings. The Kier molecular flexibility index (Phi) is 4.96. The van der Waals surface area contributed by atoms with Crippen LogP contribution in [0.4, 0.5) is 0 Å². The van der Waals surface area contributed by atoms with Crippen LogP contribution in [0, 0.1) is 12.3 Å². The Morgan fingerprint density at radius 1 is 1.43 bits per heavy atom. The first kappa shape index (κ1) is 18.7. The van der Waals surface area contributed by atoms with Gasteiger partial charge in [-0.05, 0) is 36.6 Å². The maximum Gasteiger partial charge on any atom is 0.273 e. The summed E-state index contributed by atoms with van der Waals surface area (Å²) in [6, 6.07) is 7.50. The molecule has 8 heteroatoms. The Morgan fingerprint density at radius 3 is 3.04 bits per heavy atom. The lowest BCUT2D eigenvalue weighted by Gasteiger charge is -2.26. The minimum absolute atomic E-state index is 0.0347. The average Bonchev–Trinajstić information content (AvgIpc) is 3.30. The van der Waals surface area contributed by atoms with Gasteiger partial charge < -0.3 is 10.2 Å². The van der Waals surface area contributed by atoms with Crippen molar-refractivity contribution in [3.05, 3.63) is 50.6 Å². The lowest BCUT2D eigenvalue weighted by molar-refractivity contribution is 0.0736. The summed E-state index contributed by atoms with van der Waals surface area (Å²) in [7, 11) is 0. The number of rotatable bonds is 3. The summed E-state index contributed by atoms with van der Waals surface area (Å²) >= 11 is 4.94. The minimum Gasteiger partial charge on any atom is -0.337 e. The van der Waals surface area contributed by atoms with E-state index in [-0.39, 0.29) is 17.9 Å². The van der Waals surface area contributed by atoms with Crippen LogP contribution in [-0.4, -0.2) is 39.5 Å². The first-order valence-corrected chi connectivity index (χ1v) is 10.4. The summed E-state index contributed by atoms with van der Waals surface area (Å²) in [5.41, 5.74) is 1.95. The van der Waals surface area contributed by atoms with Gasteiger partial charge in [0.2, 0.25) is 0 Å². The van der Waals surface area contributed by atoms with Crippen LogP contribution in [-0.2, 0) is 13.0 Å². The number of halogens is 1. The highest BCUT2D eigenvalue weighted by molar-refractivity contribution is 9.10. The molecule has 0 bridgehead atoms. The summed E-state index contributed by atoms with van der Waals surface area (Å²) in [5.74, 6) is 2.10. The van der Waals surface area contributed by atoms with Crippen molar-refractivity contribution in [2.24, 2.45) is 0 Å². The number of nitrogens with zero attached hydrogens (tertiary/aromatic N) is 2. The molecule has 1 aromatic carbocycles. The molecule has 0 spiro atoms. The van der Waals surface area contributed by atoms with E-state index in [2.05, 4.69) is 37.4 Å². The second kappa shape index (κ2) is 7.41. The highest BCUT2D eigenvalue weighted by Gasteiger charge is 2.29. The van der Waals surface area contributed by atoms with Crippen molar-refractivity contribution in [2.45, 2.75) is 25.9 Å². The van der Waals surface area contributed by atoms with Crippen LogP contribution in [0.15, 0.2) is 28.7 Å². The van der Waals surface area contributed by atoms with Gasteiger partial charge in [0.05, 0.1) is 17.5 Å². The summed E-state index contributed by atoms with van der Waals surface area (Å²) in [5, 5.41) is 10.8. The number of aromatic nitrogens is 2. The number of benzene rings is 1. The van der Waals surface area contributed by atoms with E-state index in [1.54, 1.807) is 11.8 Å². The predicted octanol–water partition coefficient (Wildman–Crippen LogP) is 3.34. The Hall–Kier alpha value is -2.63. The minimum atomic E-state index is -0.390. The highest BCUT2D eigenvalue weighted by atomic mass is 79.9. The first-order chi connectivity index (χ1) is 13.5. The fourth-order valence-corrected chi connectivity index (χ4v) is 4.63. The van der Waals surface area contributed by atoms with Gasteiger partial charge >= 0.3 is 0 Å². The third-order valence-electron chi connectivity index (χ3n) is 4.72. The number of H-pyrrole nitrogens is 1. The summed E-state index contributed by atoms with van der Waals surface area (Å²) in [6.45, 7) is 2.65. The zero-order chi connectivity index (χ0) is 19.8. The summed E-state index contributed by atoms with van der Waals surface area (Å²) in [4.78, 5) is 28.0. The average molecular weight is 457 g/mol. The number of hydrogen-bond acceptors (Lipinski definition) is 4. The third-order valence-corrected chi connectivity index (χ3v) is 6.32. The number of carbonyl (C=O) groups excluding carboxylic acids is 2. The SMILES string of the molecule is C#CC(C)NC(=O)c1n[nH]c2c1CN(C(=O)c1cc3cc(Br)ccc3s1)CC2. The lowest BCUT2D eigenvalue weighted by atomic mass is 10.0. The summed E-state index contributed by atoms with van der Waals surface area (Å²) in [6.07, 6.45) is 5.96. The summed E-state index contributed by atoms with van der Waals surface area (Å²) < 4.78 is 2.05. The van der Waals surface area contributed by atoms with Crippen molar-refractivity contribution >= 4 is 49.2 Å². The van der Waals surface area contributed by atoms with Crippen LogP contribution < -0.4 is 5.32 Å². The number of fused-ring (bicyclic) bond motifs is 2. The Labute approximate surface area is 174 Å². The Balaban J connectivity index is 1.57. The van der Waals surface area contributed by atoms with Crippen LogP contribution in [0.2, 0.25) is 0 Å². The standard InChI is InChI=1S/C20H17BrN4O2S/c1-3-11(2)22-19(26)18-14-10-25(7-6-15(14)23-24-18)20(27)17-9-12-8-13(21)4-5-16(12)28-17/h1,4-5,8-9,11H,6-7,10H2,2H3,(H,22,26)(H,23,24). The van der Waals surface area contributed by atoms with Crippen LogP contribution in [0.5, 0.6) is 0 Å². The number of carbonyl (C=O) groups is 2. The number of hydrogen-bond donors (Lipinski definition) is 2. The van der Waals surface area contributed by atoms with Gasteiger partial charge in [0, 0.05) is 33.4 Å². The molecule has 4 rings (SSSR count). The molecular weight excluding hydrogens is 440 g/mol. The van der Waals surface area contributed by atoms with Crippen molar-refractivity contribution in [1.82, 2.24) is 20.4 Å². The Bertz CT molecular complexity index is 1130. The number of thiophene rings is 1. The van der Waals surface area contributed by atoms with Crippen LogP contribution in [0.25, 0.3) is 10.1 Å². The van der Waals surface area contributed by atoms with E-state index in [0.717, 1.165) is 25.8 Å². The van der Waals surface area contributed by atoms with Gasteiger partial charge in [-0.2, -0.15) is 5.10 Å². The molecule has 142 valence electrons. The fraction of sp³-hybridized carbons (Fsp3) is 0.250. The molecule has 2 N–H and O–H groups in total. The smallest absolute Gasteiger partial charge is 0.273 e. The second-order valence-corrected chi connectivity index (χ2v) is 8.66. The molecule has 1 unspecified atom stereocenters. The second-order valence-electron chi connectivity index (χ2n) is 6.66. The first-order valence-electron chi connectivity index (χ1n) is 8.77. The molecule has 1 atom stereocenters. The van der Waals surface area contributed by atoms with E-state index in [0.29, 0.717) is 30.1 Å². The molecule has 3 aromatic rings. The van der Waals surface area contributed by atoms with E-state index in [9.17, 15) is 9.59 Å². The van der Waals surface area contributed by atoms with Gasteiger partial charge in [0.15, 0.2) is 5.69 Å². The molecular formula is C20H17BrN4O2S. The maximum atomic E-state index is 13.1. The van der Waals surface area contributed by atoms with E-state index in [4.69, 9.17) is 6.42 Å². The van der Waals surface area contributed by atoms with Crippen LogP contribution in [0.3, 0.4) is 0 Å². The molecule has 1 aliphatic heterocycles. The number of nitrogens with one attached hydrogen (secondary N) is 2. The molecule has 0 saturated carbocycles. The normalized spacial score (nSPS) is 14.4. The molecule has 0 saturated heterocycles. The van der Waals surface area contributed by atoms with Crippen molar-refractivity contribution in [1.29, 1.82) is 0 Å². The van der Waals surface area contributed by atoms with Crippen molar-refractivity contribution in [3.63, 3.8) is 0 Å². The molecule has 1 aliphatic rings. The zero-order valence-electron chi connectivity index (χ0n) is 15.1. The van der Waals surface area contributed by atoms with Gasteiger partial charge in [-0.15, -0.1) is 17.8 Å². The fourth-order valence-electron chi connectivity index (χ4n) is 3.24. The molecule has 0 radical (unpaired) electrons. The molecule has 2 aromatic heterocycles. The Morgan fingerprint density at radius 2 is 2.25 bits per heavy atom. The molecule has 6 nitrogen and oxygen atoms in total. The zero-order valence-corrected chi connectivity index (χ0v) is 17.5. The molecule has 0 aliphatic carbocycles. The third kappa shape index (κ3) is 3.43. The molecule has 2 amide bonds. The van der Waals surface area contributed by atoms with E-state index >= 15 is 0 Å². The maximum absolute atomic E-state index is 13.1. The topological polar surface area (TPSA) is 78.1 Å². The quantitative estimate of drug-likeness (QED) is 0.593. The predicted molar refractivity (Wildman–Crippen MR) is 112 cm³/mol.